The van der Waals surface area contributed by atoms with Crippen LogP contribution in [0.4, 0.5) is 0 Å². The van der Waals surface area contributed by atoms with Crippen molar-refractivity contribution < 1.29 is 9.47 Å². The first kappa shape index (κ1) is 25.5. The minimum Gasteiger partial charge on any atom is -0.494 e. The average molecular weight is 546 g/mol. The molecule has 0 aliphatic carbocycles. The molecule has 1 heterocycles. The fraction of sp³-hybridized carbons (Fsp3) is 0.280. The maximum Gasteiger partial charge on any atom is 0.191 e. The summed E-state index contributed by atoms with van der Waals surface area (Å²) in [4.78, 5) is 8.97. The molecule has 0 fully saturated rings. The number of ether oxygens (including phenoxy) is 2. The number of aromatic nitrogens is 1. The van der Waals surface area contributed by atoms with Crippen LogP contribution in [0.15, 0.2) is 77.9 Å². The van der Waals surface area contributed by atoms with Crippen molar-refractivity contribution in [1.82, 2.24) is 15.6 Å². The van der Waals surface area contributed by atoms with Gasteiger partial charge in [-0.2, -0.15) is 0 Å². The summed E-state index contributed by atoms with van der Waals surface area (Å²) in [6.07, 6.45) is 1.77. The maximum absolute atomic E-state index is 5.79. The summed E-state index contributed by atoms with van der Waals surface area (Å²) in [5.74, 6) is 2.48. The average Bonchev–Trinajstić information content (AvgIpc) is 2.82. The first-order valence-corrected chi connectivity index (χ1v) is 10.6. The normalized spacial score (nSPS) is 10.8. The molecule has 0 aliphatic rings. The van der Waals surface area contributed by atoms with Crippen LogP contribution in [0.1, 0.15) is 30.7 Å². The Kier molecular flexibility index (Phi) is 11.4. The number of nitrogens with zero attached hydrogens (tertiary/aromatic N) is 2. The summed E-state index contributed by atoms with van der Waals surface area (Å²) in [5.41, 5.74) is 3.12. The topological polar surface area (TPSA) is 67.8 Å². The van der Waals surface area contributed by atoms with Crippen LogP contribution in [0, 0.1) is 0 Å². The number of benzene rings is 2. The van der Waals surface area contributed by atoms with Gasteiger partial charge in [0.15, 0.2) is 5.96 Å². The zero-order valence-electron chi connectivity index (χ0n) is 18.6. The van der Waals surface area contributed by atoms with Crippen molar-refractivity contribution in [2.24, 2.45) is 4.99 Å². The number of pyridine rings is 1. The highest BCUT2D eigenvalue weighted by Gasteiger charge is 2.04. The van der Waals surface area contributed by atoms with Crippen molar-refractivity contribution >= 4 is 29.9 Å². The summed E-state index contributed by atoms with van der Waals surface area (Å²) in [6, 6.07) is 21.8. The second-order valence-electron chi connectivity index (χ2n) is 6.84. The second-order valence-corrected chi connectivity index (χ2v) is 6.84. The number of aliphatic imine (C=N–C) groups is 1. The monoisotopic (exact) mass is 546 g/mol. The minimum absolute atomic E-state index is 0. The Balaban J connectivity index is 0.00000363. The SMILES string of the molecule is CCNC(=NCc1ccc(OCc2ccccn2)cc1)NCc1ccccc1OCC.I. The molecule has 7 heteroatoms. The predicted molar refractivity (Wildman–Crippen MR) is 140 cm³/mol. The number of guanidine groups is 1. The highest BCUT2D eigenvalue weighted by Crippen LogP contribution is 2.17. The highest BCUT2D eigenvalue weighted by molar-refractivity contribution is 14.0. The molecule has 0 bridgehead atoms. The standard InChI is InChI=1S/C25H30N4O2.HI/c1-3-26-25(29-18-21-9-5-6-11-24(21)30-4-2)28-17-20-12-14-23(15-13-20)31-19-22-10-7-8-16-27-22;/h5-16H,3-4,17-19H2,1-2H3,(H2,26,28,29);1H. The molecule has 32 heavy (non-hydrogen) atoms. The molecule has 2 N–H and O–H groups in total. The highest BCUT2D eigenvalue weighted by atomic mass is 127. The van der Waals surface area contributed by atoms with Gasteiger partial charge in [-0.25, -0.2) is 4.99 Å². The van der Waals surface area contributed by atoms with E-state index in [0.29, 0.717) is 26.3 Å². The van der Waals surface area contributed by atoms with E-state index in [-0.39, 0.29) is 24.0 Å². The predicted octanol–water partition coefficient (Wildman–Crippen LogP) is 4.93. The second kappa shape index (κ2) is 14.3. The third kappa shape index (κ3) is 8.37. The Labute approximate surface area is 207 Å². The molecule has 0 radical (unpaired) electrons. The van der Waals surface area contributed by atoms with Gasteiger partial charge in [-0.05, 0) is 49.7 Å². The zero-order chi connectivity index (χ0) is 21.7. The fourth-order valence-electron chi connectivity index (χ4n) is 2.97. The maximum atomic E-state index is 5.79. The van der Waals surface area contributed by atoms with Gasteiger partial charge in [0.05, 0.1) is 18.8 Å². The van der Waals surface area contributed by atoms with Crippen molar-refractivity contribution in [2.45, 2.75) is 33.5 Å². The Morgan fingerprint density at radius 2 is 1.69 bits per heavy atom. The fourth-order valence-corrected chi connectivity index (χ4v) is 2.97. The zero-order valence-corrected chi connectivity index (χ0v) is 20.9. The minimum atomic E-state index is 0. The van der Waals surface area contributed by atoms with E-state index in [9.17, 15) is 0 Å². The number of hydrogen-bond acceptors (Lipinski definition) is 4. The van der Waals surface area contributed by atoms with Crippen LogP contribution in [0.3, 0.4) is 0 Å². The van der Waals surface area contributed by atoms with E-state index in [2.05, 4.69) is 28.6 Å². The van der Waals surface area contributed by atoms with E-state index in [1.54, 1.807) is 6.20 Å². The Bertz CT molecular complexity index is 950. The molecule has 0 aliphatic heterocycles. The van der Waals surface area contributed by atoms with Crippen LogP contribution in [0.5, 0.6) is 11.5 Å². The molecular formula is C25H31IN4O2. The molecule has 1 aromatic heterocycles. The summed E-state index contributed by atoms with van der Waals surface area (Å²) >= 11 is 0. The van der Waals surface area contributed by atoms with Crippen LogP contribution in [-0.4, -0.2) is 24.1 Å². The van der Waals surface area contributed by atoms with Crippen molar-refractivity contribution in [1.29, 1.82) is 0 Å². The van der Waals surface area contributed by atoms with E-state index in [1.807, 2.05) is 67.6 Å². The molecule has 0 saturated carbocycles. The number of rotatable bonds is 10. The first-order chi connectivity index (χ1) is 15.3. The van der Waals surface area contributed by atoms with Crippen LogP contribution in [0.25, 0.3) is 0 Å². The number of halogens is 1. The molecule has 3 rings (SSSR count). The van der Waals surface area contributed by atoms with Crippen molar-refractivity contribution in [3.8, 4) is 11.5 Å². The van der Waals surface area contributed by atoms with Crippen molar-refractivity contribution in [3.05, 3.63) is 89.7 Å². The van der Waals surface area contributed by atoms with Crippen LogP contribution >= 0.6 is 24.0 Å². The van der Waals surface area contributed by atoms with Gasteiger partial charge in [-0.15, -0.1) is 24.0 Å². The third-order valence-electron chi connectivity index (χ3n) is 4.52. The molecule has 2 aromatic carbocycles. The summed E-state index contributed by atoms with van der Waals surface area (Å²) in [5, 5.41) is 6.67. The van der Waals surface area contributed by atoms with Gasteiger partial charge in [0.2, 0.25) is 0 Å². The quantitative estimate of drug-likeness (QED) is 0.215. The smallest absolute Gasteiger partial charge is 0.191 e. The molecule has 0 unspecified atom stereocenters. The van der Waals surface area contributed by atoms with E-state index in [0.717, 1.165) is 40.8 Å². The van der Waals surface area contributed by atoms with Crippen LogP contribution in [-0.2, 0) is 19.7 Å². The summed E-state index contributed by atoms with van der Waals surface area (Å²) in [7, 11) is 0. The van der Waals surface area contributed by atoms with E-state index in [1.165, 1.54) is 0 Å². The van der Waals surface area contributed by atoms with Crippen LogP contribution < -0.4 is 20.1 Å². The molecule has 170 valence electrons. The molecule has 6 nitrogen and oxygen atoms in total. The Hall–Kier alpha value is -2.81. The van der Waals surface area contributed by atoms with E-state index in [4.69, 9.17) is 14.5 Å². The lowest BCUT2D eigenvalue weighted by molar-refractivity contribution is 0.301. The lowest BCUT2D eigenvalue weighted by atomic mass is 10.2. The van der Waals surface area contributed by atoms with Gasteiger partial charge in [0.1, 0.15) is 18.1 Å². The third-order valence-corrected chi connectivity index (χ3v) is 4.52. The lowest BCUT2D eigenvalue weighted by Gasteiger charge is -2.14. The van der Waals surface area contributed by atoms with Gasteiger partial charge in [-0.3, -0.25) is 4.98 Å². The van der Waals surface area contributed by atoms with E-state index < -0.39 is 0 Å². The lowest BCUT2D eigenvalue weighted by Crippen LogP contribution is -2.36. The van der Waals surface area contributed by atoms with Crippen molar-refractivity contribution in [3.63, 3.8) is 0 Å². The summed E-state index contributed by atoms with van der Waals surface area (Å²) < 4.78 is 11.5. The van der Waals surface area contributed by atoms with Crippen LogP contribution in [0.2, 0.25) is 0 Å². The largest absolute Gasteiger partial charge is 0.494 e. The molecule has 0 spiro atoms. The van der Waals surface area contributed by atoms with Gasteiger partial charge in [-0.1, -0.05) is 36.4 Å². The number of para-hydroxylation sites is 1. The number of hydrogen-bond donors (Lipinski definition) is 2. The molecule has 3 aromatic rings. The number of nitrogens with one attached hydrogen (secondary N) is 2. The first-order valence-electron chi connectivity index (χ1n) is 10.6. The van der Waals surface area contributed by atoms with Crippen molar-refractivity contribution in [2.75, 3.05) is 13.2 Å². The van der Waals surface area contributed by atoms with Gasteiger partial charge in [0.25, 0.3) is 0 Å². The van der Waals surface area contributed by atoms with Gasteiger partial charge < -0.3 is 20.1 Å². The van der Waals surface area contributed by atoms with Gasteiger partial charge >= 0.3 is 0 Å². The molecular weight excluding hydrogens is 515 g/mol. The summed E-state index contributed by atoms with van der Waals surface area (Å²) in [6.45, 7) is 7.15. The van der Waals surface area contributed by atoms with E-state index >= 15 is 0 Å². The molecule has 0 atom stereocenters. The Morgan fingerprint density at radius 3 is 2.41 bits per heavy atom. The van der Waals surface area contributed by atoms with Gasteiger partial charge in [0, 0.05) is 24.8 Å². The molecule has 0 saturated heterocycles. The Morgan fingerprint density at radius 1 is 0.906 bits per heavy atom. The molecule has 0 amide bonds.